The number of rotatable bonds is 2. The van der Waals surface area contributed by atoms with E-state index in [0.29, 0.717) is 5.92 Å². The van der Waals surface area contributed by atoms with E-state index in [1.807, 2.05) is 26.0 Å². The molecular formula is C12H15ClO. The molecule has 0 bridgehead atoms. The summed E-state index contributed by atoms with van der Waals surface area (Å²) in [5.74, 6) is 0.481. The Morgan fingerprint density at radius 1 is 1.29 bits per heavy atom. The van der Waals surface area contributed by atoms with E-state index in [9.17, 15) is 5.11 Å². The van der Waals surface area contributed by atoms with Crippen molar-refractivity contribution in [3.05, 3.63) is 33.8 Å². The molecule has 1 nitrogen and oxygen atoms in total. The number of aryl methyl sites for hydroxylation is 2. The molecule has 1 N–H and O–H groups in total. The van der Waals surface area contributed by atoms with Crippen molar-refractivity contribution in [2.75, 3.05) is 0 Å². The first-order chi connectivity index (χ1) is 6.59. The van der Waals surface area contributed by atoms with Gasteiger partial charge in [0.05, 0.1) is 6.10 Å². The third-order valence-corrected chi connectivity index (χ3v) is 3.47. The average Bonchev–Trinajstić information content (AvgIpc) is 2.95. The van der Waals surface area contributed by atoms with E-state index >= 15 is 0 Å². The maximum absolute atomic E-state index is 9.96. The van der Waals surface area contributed by atoms with E-state index in [4.69, 9.17) is 11.6 Å². The molecule has 1 saturated carbocycles. The van der Waals surface area contributed by atoms with Gasteiger partial charge in [0.2, 0.25) is 0 Å². The molecule has 1 unspecified atom stereocenters. The molecule has 14 heavy (non-hydrogen) atoms. The van der Waals surface area contributed by atoms with Crippen LogP contribution in [0.15, 0.2) is 12.1 Å². The Balaban J connectivity index is 2.34. The molecule has 0 heterocycles. The van der Waals surface area contributed by atoms with Crippen molar-refractivity contribution in [3.8, 4) is 0 Å². The van der Waals surface area contributed by atoms with Gasteiger partial charge in [-0.15, -0.1) is 0 Å². The van der Waals surface area contributed by atoms with Gasteiger partial charge in [0.25, 0.3) is 0 Å². The molecule has 0 amide bonds. The van der Waals surface area contributed by atoms with Gasteiger partial charge in [-0.3, -0.25) is 0 Å². The molecular weight excluding hydrogens is 196 g/mol. The molecule has 0 saturated heterocycles. The standard InChI is InChI=1S/C12H15ClO/c1-7-5-10(6-8(2)11(7)13)12(14)9-3-4-9/h5-6,9,12,14H,3-4H2,1-2H3. The summed E-state index contributed by atoms with van der Waals surface area (Å²) in [4.78, 5) is 0. The highest BCUT2D eigenvalue weighted by molar-refractivity contribution is 6.32. The number of aliphatic hydroxyl groups excluding tert-OH is 1. The molecule has 1 atom stereocenters. The highest BCUT2D eigenvalue weighted by Crippen LogP contribution is 2.41. The van der Waals surface area contributed by atoms with Gasteiger partial charge in [-0.1, -0.05) is 23.7 Å². The van der Waals surface area contributed by atoms with Gasteiger partial charge in [0, 0.05) is 5.02 Å². The summed E-state index contributed by atoms with van der Waals surface area (Å²) in [6.07, 6.45) is 2.02. The average molecular weight is 211 g/mol. The molecule has 1 aliphatic carbocycles. The number of halogens is 1. The number of hydrogen-bond donors (Lipinski definition) is 1. The van der Waals surface area contributed by atoms with Gasteiger partial charge in [0.1, 0.15) is 0 Å². The summed E-state index contributed by atoms with van der Waals surface area (Å²) in [5.41, 5.74) is 3.13. The zero-order valence-corrected chi connectivity index (χ0v) is 9.30. The summed E-state index contributed by atoms with van der Waals surface area (Å²) >= 11 is 6.07. The lowest BCUT2D eigenvalue weighted by Crippen LogP contribution is -2.00. The van der Waals surface area contributed by atoms with Crippen LogP contribution in [0.4, 0.5) is 0 Å². The fourth-order valence-electron chi connectivity index (χ4n) is 1.83. The van der Waals surface area contributed by atoms with Crippen molar-refractivity contribution >= 4 is 11.6 Å². The molecule has 1 aliphatic rings. The monoisotopic (exact) mass is 210 g/mol. The number of hydrogen-bond acceptors (Lipinski definition) is 1. The highest BCUT2D eigenvalue weighted by Gasteiger charge is 2.31. The van der Waals surface area contributed by atoms with E-state index < -0.39 is 0 Å². The van der Waals surface area contributed by atoms with E-state index in [1.54, 1.807) is 0 Å². The van der Waals surface area contributed by atoms with Crippen LogP contribution in [0.25, 0.3) is 0 Å². The van der Waals surface area contributed by atoms with Crippen LogP contribution in [0, 0.1) is 19.8 Å². The van der Waals surface area contributed by atoms with Crippen LogP contribution in [0.1, 0.15) is 35.6 Å². The zero-order valence-electron chi connectivity index (χ0n) is 8.55. The maximum Gasteiger partial charge on any atom is 0.0818 e. The molecule has 1 fully saturated rings. The predicted molar refractivity (Wildman–Crippen MR) is 58.6 cm³/mol. The van der Waals surface area contributed by atoms with Crippen LogP contribution in [-0.4, -0.2) is 5.11 Å². The Bertz CT molecular complexity index is 332. The summed E-state index contributed by atoms with van der Waals surface area (Å²) in [5, 5.41) is 10.8. The summed E-state index contributed by atoms with van der Waals surface area (Å²) in [6, 6.07) is 4.00. The minimum Gasteiger partial charge on any atom is -0.388 e. The van der Waals surface area contributed by atoms with Crippen molar-refractivity contribution in [1.29, 1.82) is 0 Å². The summed E-state index contributed by atoms with van der Waals surface area (Å²) in [6.45, 7) is 3.97. The van der Waals surface area contributed by atoms with Gasteiger partial charge in [0.15, 0.2) is 0 Å². The Morgan fingerprint density at radius 3 is 2.21 bits per heavy atom. The predicted octanol–water partition coefficient (Wildman–Crippen LogP) is 3.40. The maximum atomic E-state index is 9.96. The van der Waals surface area contributed by atoms with Crippen molar-refractivity contribution in [2.45, 2.75) is 32.8 Å². The van der Waals surface area contributed by atoms with Crippen LogP contribution < -0.4 is 0 Å². The molecule has 76 valence electrons. The quantitative estimate of drug-likeness (QED) is 0.794. The third-order valence-electron chi connectivity index (χ3n) is 2.87. The molecule has 0 radical (unpaired) electrons. The first kappa shape index (κ1) is 10.0. The normalized spacial score (nSPS) is 18.3. The second kappa shape index (κ2) is 3.56. The SMILES string of the molecule is Cc1cc(C(O)C2CC2)cc(C)c1Cl. The molecule has 0 aliphatic heterocycles. The van der Waals surface area contributed by atoms with E-state index in [2.05, 4.69) is 0 Å². The molecule has 1 aromatic carbocycles. The second-order valence-electron chi connectivity index (χ2n) is 4.25. The van der Waals surface area contributed by atoms with Gasteiger partial charge in [-0.05, 0) is 49.3 Å². The van der Waals surface area contributed by atoms with Gasteiger partial charge >= 0.3 is 0 Å². The largest absolute Gasteiger partial charge is 0.388 e. The van der Waals surface area contributed by atoms with E-state index in [-0.39, 0.29) is 6.10 Å². The molecule has 0 spiro atoms. The van der Waals surface area contributed by atoms with Crippen LogP contribution in [0.3, 0.4) is 0 Å². The van der Waals surface area contributed by atoms with E-state index in [0.717, 1.165) is 34.6 Å². The minimum absolute atomic E-state index is 0.287. The van der Waals surface area contributed by atoms with Crippen molar-refractivity contribution in [1.82, 2.24) is 0 Å². The Hall–Kier alpha value is -0.530. The van der Waals surface area contributed by atoms with Crippen LogP contribution in [0.2, 0.25) is 5.02 Å². The lowest BCUT2D eigenvalue weighted by Gasteiger charge is -2.12. The highest BCUT2D eigenvalue weighted by atomic mass is 35.5. The van der Waals surface area contributed by atoms with Crippen molar-refractivity contribution in [3.63, 3.8) is 0 Å². The fourth-order valence-corrected chi connectivity index (χ4v) is 1.94. The van der Waals surface area contributed by atoms with Gasteiger partial charge in [-0.2, -0.15) is 0 Å². The third kappa shape index (κ3) is 1.79. The Morgan fingerprint density at radius 2 is 1.79 bits per heavy atom. The number of aliphatic hydroxyl groups is 1. The molecule has 0 aromatic heterocycles. The zero-order chi connectivity index (χ0) is 10.3. The van der Waals surface area contributed by atoms with Crippen LogP contribution in [0.5, 0.6) is 0 Å². The minimum atomic E-state index is -0.287. The molecule has 2 rings (SSSR count). The topological polar surface area (TPSA) is 20.2 Å². The van der Waals surface area contributed by atoms with E-state index in [1.165, 1.54) is 0 Å². The lowest BCUT2D eigenvalue weighted by atomic mass is 10.0. The molecule has 2 heteroatoms. The first-order valence-electron chi connectivity index (χ1n) is 5.04. The van der Waals surface area contributed by atoms with Crippen LogP contribution in [-0.2, 0) is 0 Å². The lowest BCUT2D eigenvalue weighted by molar-refractivity contribution is 0.153. The Kier molecular flexibility index (Phi) is 2.54. The van der Waals surface area contributed by atoms with Gasteiger partial charge < -0.3 is 5.11 Å². The molecule has 1 aromatic rings. The first-order valence-corrected chi connectivity index (χ1v) is 5.42. The van der Waals surface area contributed by atoms with Crippen molar-refractivity contribution in [2.24, 2.45) is 5.92 Å². The smallest absolute Gasteiger partial charge is 0.0818 e. The fraction of sp³-hybridized carbons (Fsp3) is 0.500. The van der Waals surface area contributed by atoms with Gasteiger partial charge in [-0.25, -0.2) is 0 Å². The Labute approximate surface area is 89.7 Å². The summed E-state index contributed by atoms with van der Waals surface area (Å²) < 4.78 is 0. The number of benzene rings is 1. The van der Waals surface area contributed by atoms with Crippen LogP contribution >= 0.6 is 11.6 Å². The summed E-state index contributed by atoms with van der Waals surface area (Å²) in [7, 11) is 0. The van der Waals surface area contributed by atoms with Crippen molar-refractivity contribution < 1.29 is 5.11 Å². The second-order valence-corrected chi connectivity index (χ2v) is 4.63.